The molecular weight excluding hydrogens is 413 g/mol. The van der Waals surface area contributed by atoms with E-state index in [9.17, 15) is 4.79 Å². The van der Waals surface area contributed by atoms with E-state index >= 15 is 0 Å². The fourth-order valence-electron chi connectivity index (χ4n) is 4.33. The van der Waals surface area contributed by atoms with Crippen molar-refractivity contribution >= 4 is 30.7 Å². The number of methoxy groups -OCH3 is 2. The zero-order chi connectivity index (χ0) is 19.1. The molecule has 2 N–H and O–H groups in total. The van der Waals surface area contributed by atoms with Crippen LogP contribution in [0.5, 0.6) is 5.75 Å². The number of carbonyl (C=O) groups excluding carboxylic acids is 1. The summed E-state index contributed by atoms with van der Waals surface area (Å²) in [5, 5.41) is 6.61. The Kier molecular flexibility index (Phi) is 11.3. The molecule has 1 atom stereocenters. The maximum absolute atomic E-state index is 13.1. The third kappa shape index (κ3) is 6.46. The molecule has 0 spiro atoms. The summed E-state index contributed by atoms with van der Waals surface area (Å²) in [6.45, 7) is 5.01. The van der Waals surface area contributed by atoms with Gasteiger partial charge in [0.05, 0.1) is 25.2 Å². The Bertz CT molecular complexity index is 598. The molecule has 0 radical (unpaired) electrons. The first kappa shape index (κ1) is 26.0. The van der Waals surface area contributed by atoms with Gasteiger partial charge in [0.15, 0.2) is 0 Å². The van der Waals surface area contributed by atoms with E-state index in [1.165, 1.54) is 18.4 Å². The Morgan fingerprint density at radius 3 is 2.31 bits per heavy atom. The standard InChI is InChI=1S/C21H33N3O3.2ClH/c1-26-16-21(9-11-22-12-10-21)20(25)23-15-19(24-13-3-4-14-24)17-5-7-18(27-2)8-6-17;;/h5-8,19,22H,3-4,9-16H2,1-2H3,(H,23,25);2*1H. The Hall–Kier alpha value is -1.05. The molecule has 6 nitrogen and oxygen atoms in total. The van der Waals surface area contributed by atoms with Crippen LogP contribution >= 0.6 is 24.8 Å². The van der Waals surface area contributed by atoms with Crippen molar-refractivity contribution in [2.45, 2.75) is 31.7 Å². The average molecular weight is 448 g/mol. The molecule has 0 bridgehead atoms. The van der Waals surface area contributed by atoms with Crippen LogP contribution in [0.3, 0.4) is 0 Å². The van der Waals surface area contributed by atoms with Gasteiger partial charge in [-0.1, -0.05) is 12.1 Å². The molecule has 0 aromatic heterocycles. The maximum Gasteiger partial charge on any atom is 0.228 e. The van der Waals surface area contributed by atoms with E-state index in [1.807, 2.05) is 12.1 Å². The van der Waals surface area contributed by atoms with E-state index < -0.39 is 5.41 Å². The molecule has 1 unspecified atom stereocenters. The zero-order valence-electron chi connectivity index (χ0n) is 17.4. The SMILES string of the molecule is COCC1(C(=O)NCC(c2ccc(OC)cc2)N2CCCC2)CCNCC1.Cl.Cl. The number of ether oxygens (including phenoxy) is 2. The van der Waals surface area contributed by atoms with Crippen LogP contribution in [-0.4, -0.2) is 64.4 Å². The summed E-state index contributed by atoms with van der Waals surface area (Å²) in [6.07, 6.45) is 4.09. The van der Waals surface area contributed by atoms with E-state index in [2.05, 4.69) is 27.7 Å². The topological polar surface area (TPSA) is 62.8 Å². The van der Waals surface area contributed by atoms with Crippen LogP contribution < -0.4 is 15.4 Å². The van der Waals surface area contributed by atoms with Crippen LogP contribution in [0.15, 0.2) is 24.3 Å². The Morgan fingerprint density at radius 2 is 1.76 bits per heavy atom. The summed E-state index contributed by atoms with van der Waals surface area (Å²) in [5.74, 6) is 0.986. The molecule has 1 aromatic carbocycles. The Morgan fingerprint density at radius 1 is 1.14 bits per heavy atom. The summed E-state index contributed by atoms with van der Waals surface area (Å²) in [7, 11) is 3.36. The summed E-state index contributed by atoms with van der Waals surface area (Å²) < 4.78 is 10.7. The first-order chi connectivity index (χ1) is 13.2. The number of nitrogens with zero attached hydrogens (tertiary/aromatic N) is 1. The summed E-state index contributed by atoms with van der Waals surface area (Å²) in [4.78, 5) is 15.6. The van der Waals surface area contributed by atoms with Gasteiger partial charge in [0.25, 0.3) is 0 Å². The largest absolute Gasteiger partial charge is 0.497 e. The lowest BCUT2D eigenvalue weighted by Crippen LogP contribution is -2.51. The Labute approximate surface area is 186 Å². The number of carbonyl (C=O) groups is 1. The van der Waals surface area contributed by atoms with Gasteiger partial charge in [-0.15, -0.1) is 24.8 Å². The van der Waals surface area contributed by atoms with Crippen molar-refractivity contribution in [1.29, 1.82) is 0 Å². The quantitative estimate of drug-likeness (QED) is 0.641. The van der Waals surface area contributed by atoms with Crippen molar-refractivity contribution < 1.29 is 14.3 Å². The molecule has 0 aliphatic carbocycles. The number of hydrogen-bond donors (Lipinski definition) is 2. The number of nitrogens with one attached hydrogen (secondary N) is 2. The minimum absolute atomic E-state index is 0. The fourth-order valence-corrected chi connectivity index (χ4v) is 4.33. The van der Waals surface area contributed by atoms with Crippen LogP contribution in [0.4, 0.5) is 0 Å². The number of piperidine rings is 1. The molecule has 166 valence electrons. The normalized spacial score (nSPS) is 19.5. The summed E-state index contributed by atoms with van der Waals surface area (Å²) >= 11 is 0. The third-order valence-corrected chi connectivity index (χ3v) is 6.00. The summed E-state index contributed by atoms with van der Waals surface area (Å²) in [6, 6.07) is 8.43. The van der Waals surface area contributed by atoms with Crippen LogP contribution in [0, 0.1) is 5.41 Å². The summed E-state index contributed by atoms with van der Waals surface area (Å²) in [5.41, 5.74) is 0.819. The second kappa shape index (κ2) is 12.6. The van der Waals surface area contributed by atoms with Gasteiger partial charge in [0.1, 0.15) is 5.75 Å². The first-order valence-electron chi connectivity index (χ1n) is 10.0. The van der Waals surface area contributed by atoms with Gasteiger partial charge in [-0.2, -0.15) is 0 Å². The van der Waals surface area contributed by atoms with E-state index in [4.69, 9.17) is 9.47 Å². The molecule has 0 saturated carbocycles. The van der Waals surface area contributed by atoms with Crippen molar-refractivity contribution in [3.63, 3.8) is 0 Å². The van der Waals surface area contributed by atoms with E-state index in [1.54, 1.807) is 14.2 Å². The highest BCUT2D eigenvalue weighted by atomic mass is 35.5. The lowest BCUT2D eigenvalue weighted by molar-refractivity contribution is -0.136. The van der Waals surface area contributed by atoms with Gasteiger partial charge >= 0.3 is 0 Å². The van der Waals surface area contributed by atoms with Crippen molar-refractivity contribution in [2.24, 2.45) is 5.41 Å². The molecule has 3 rings (SSSR count). The van der Waals surface area contributed by atoms with Crippen molar-refractivity contribution in [3.05, 3.63) is 29.8 Å². The lowest BCUT2D eigenvalue weighted by Gasteiger charge is -2.36. The highest BCUT2D eigenvalue weighted by Gasteiger charge is 2.40. The second-order valence-electron chi connectivity index (χ2n) is 7.71. The molecule has 1 amide bonds. The molecule has 8 heteroatoms. The van der Waals surface area contributed by atoms with Gasteiger partial charge in [0.2, 0.25) is 5.91 Å². The lowest BCUT2D eigenvalue weighted by atomic mass is 9.78. The van der Waals surface area contributed by atoms with Crippen LogP contribution in [0.1, 0.15) is 37.3 Å². The number of likely N-dealkylation sites (tertiary alicyclic amines) is 1. The molecule has 2 aliphatic rings. The van der Waals surface area contributed by atoms with Crippen LogP contribution in [0.2, 0.25) is 0 Å². The molecule has 2 fully saturated rings. The van der Waals surface area contributed by atoms with E-state index in [0.717, 1.165) is 44.8 Å². The predicted molar refractivity (Wildman–Crippen MR) is 120 cm³/mol. The first-order valence-corrected chi connectivity index (χ1v) is 10.0. The van der Waals surface area contributed by atoms with Crippen molar-refractivity contribution in [1.82, 2.24) is 15.5 Å². The highest BCUT2D eigenvalue weighted by molar-refractivity contribution is 5.85. The van der Waals surface area contributed by atoms with E-state index in [0.29, 0.717) is 13.2 Å². The molecule has 29 heavy (non-hydrogen) atoms. The van der Waals surface area contributed by atoms with E-state index in [-0.39, 0.29) is 36.8 Å². The molecule has 2 aliphatic heterocycles. The number of benzene rings is 1. The average Bonchev–Trinajstić information content (AvgIpc) is 3.24. The van der Waals surface area contributed by atoms with Gasteiger partial charge in [-0.25, -0.2) is 0 Å². The predicted octanol–water partition coefficient (Wildman–Crippen LogP) is 2.81. The van der Waals surface area contributed by atoms with Crippen LogP contribution in [-0.2, 0) is 9.53 Å². The minimum atomic E-state index is -0.407. The van der Waals surface area contributed by atoms with Crippen molar-refractivity contribution in [3.8, 4) is 5.75 Å². The molecular formula is C21H35Cl2N3O3. The number of amides is 1. The second-order valence-corrected chi connectivity index (χ2v) is 7.71. The minimum Gasteiger partial charge on any atom is -0.497 e. The zero-order valence-corrected chi connectivity index (χ0v) is 19.1. The molecule has 1 aromatic rings. The monoisotopic (exact) mass is 447 g/mol. The molecule has 2 saturated heterocycles. The van der Waals surface area contributed by atoms with Gasteiger partial charge in [0, 0.05) is 13.7 Å². The molecule has 2 heterocycles. The van der Waals surface area contributed by atoms with Gasteiger partial charge in [-0.05, 0) is 69.6 Å². The number of halogens is 2. The van der Waals surface area contributed by atoms with Crippen molar-refractivity contribution in [2.75, 3.05) is 53.6 Å². The van der Waals surface area contributed by atoms with Gasteiger partial charge in [-0.3, -0.25) is 9.69 Å². The third-order valence-electron chi connectivity index (χ3n) is 6.00. The Balaban J connectivity index is 0.00000210. The number of rotatable bonds is 8. The maximum atomic E-state index is 13.1. The van der Waals surface area contributed by atoms with Crippen LogP contribution in [0.25, 0.3) is 0 Å². The van der Waals surface area contributed by atoms with Gasteiger partial charge < -0.3 is 20.1 Å². The smallest absolute Gasteiger partial charge is 0.228 e. The highest BCUT2D eigenvalue weighted by Crippen LogP contribution is 2.31. The fraction of sp³-hybridized carbons (Fsp3) is 0.667. The number of hydrogen-bond acceptors (Lipinski definition) is 5.